The molecule has 2 unspecified atom stereocenters. The molecule has 0 aromatic carbocycles. The SMILES string of the molecule is Cc1cc(C)c(=O)n2c1C1CC1N(C(=O)OC(C)(C)C)CCC2. The van der Waals surface area contributed by atoms with Crippen molar-refractivity contribution >= 4 is 6.09 Å². The molecule has 1 aromatic rings. The molecule has 23 heavy (non-hydrogen) atoms. The van der Waals surface area contributed by atoms with Crippen molar-refractivity contribution in [3.8, 4) is 0 Å². The van der Waals surface area contributed by atoms with Gasteiger partial charge in [-0.1, -0.05) is 0 Å². The third-order valence-corrected chi connectivity index (χ3v) is 4.63. The molecule has 2 heterocycles. The maximum absolute atomic E-state index is 12.5. The Morgan fingerprint density at radius 1 is 1.22 bits per heavy atom. The highest BCUT2D eigenvalue weighted by molar-refractivity contribution is 5.69. The Balaban J connectivity index is 1.90. The fourth-order valence-electron chi connectivity index (χ4n) is 3.64. The van der Waals surface area contributed by atoms with E-state index in [-0.39, 0.29) is 23.6 Å². The summed E-state index contributed by atoms with van der Waals surface area (Å²) in [5, 5.41) is 0. The van der Waals surface area contributed by atoms with Crippen molar-refractivity contribution in [2.75, 3.05) is 6.54 Å². The van der Waals surface area contributed by atoms with Gasteiger partial charge in [-0.15, -0.1) is 0 Å². The Bertz CT molecular complexity index is 699. The molecule has 1 aliphatic carbocycles. The Labute approximate surface area is 137 Å². The molecule has 2 atom stereocenters. The first kappa shape index (κ1) is 16.1. The van der Waals surface area contributed by atoms with Gasteiger partial charge in [-0.05, 0) is 59.1 Å². The lowest BCUT2D eigenvalue weighted by Gasteiger charge is -2.30. The Morgan fingerprint density at radius 3 is 2.57 bits per heavy atom. The molecule has 0 bridgehead atoms. The van der Waals surface area contributed by atoms with Gasteiger partial charge in [0.05, 0.1) is 0 Å². The van der Waals surface area contributed by atoms with Gasteiger partial charge >= 0.3 is 6.09 Å². The summed E-state index contributed by atoms with van der Waals surface area (Å²) in [6.07, 6.45) is 1.46. The van der Waals surface area contributed by atoms with Gasteiger partial charge in [0.1, 0.15) is 5.60 Å². The van der Waals surface area contributed by atoms with Crippen LogP contribution in [0.5, 0.6) is 0 Å². The molecule has 5 heteroatoms. The molecule has 0 spiro atoms. The molecule has 0 radical (unpaired) electrons. The van der Waals surface area contributed by atoms with E-state index in [0.29, 0.717) is 13.1 Å². The van der Waals surface area contributed by atoms with Crippen LogP contribution < -0.4 is 5.56 Å². The van der Waals surface area contributed by atoms with E-state index in [1.807, 2.05) is 43.2 Å². The lowest BCUT2D eigenvalue weighted by atomic mass is 10.1. The largest absolute Gasteiger partial charge is 0.444 e. The minimum atomic E-state index is -0.480. The molecule has 2 aliphatic rings. The Morgan fingerprint density at radius 2 is 1.91 bits per heavy atom. The van der Waals surface area contributed by atoms with E-state index < -0.39 is 5.60 Å². The van der Waals surface area contributed by atoms with Crippen LogP contribution in [0, 0.1) is 13.8 Å². The number of rotatable bonds is 0. The number of hydrogen-bond donors (Lipinski definition) is 0. The second-order valence-electron chi connectivity index (χ2n) is 7.79. The monoisotopic (exact) mass is 318 g/mol. The van der Waals surface area contributed by atoms with Gasteiger partial charge in [0, 0.05) is 36.3 Å². The van der Waals surface area contributed by atoms with Crippen molar-refractivity contribution < 1.29 is 9.53 Å². The van der Waals surface area contributed by atoms with E-state index in [1.54, 1.807) is 0 Å². The first-order valence-electron chi connectivity index (χ1n) is 8.39. The van der Waals surface area contributed by atoms with Crippen LogP contribution in [0.25, 0.3) is 0 Å². The standard InChI is InChI=1S/C18H26N2O3/c1-11-9-12(2)16(21)20-8-6-7-19(14-10-13(14)15(11)20)17(22)23-18(3,4)5/h9,13-14H,6-8,10H2,1-5H3. The number of carbonyl (C=O) groups is 1. The van der Waals surface area contributed by atoms with Crippen molar-refractivity contribution in [2.24, 2.45) is 0 Å². The second kappa shape index (κ2) is 5.39. The van der Waals surface area contributed by atoms with Crippen LogP contribution >= 0.6 is 0 Å². The zero-order valence-electron chi connectivity index (χ0n) is 14.7. The Kier molecular flexibility index (Phi) is 3.77. The molecule has 126 valence electrons. The van der Waals surface area contributed by atoms with Crippen LogP contribution in [0.1, 0.15) is 56.4 Å². The van der Waals surface area contributed by atoms with Crippen molar-refractivity contribution in [1.82, 2.24) is 9.47 Å². The molecule has 0 N–H and O–H groups in total. The minimum absolute atomic E-state index is 0.113. The highest BCUT2D eigenvalue weighted by Gasteiger charge is 2.48. The first-order chi connectivity index (χ1) is 10.7. The zero-order chi connectivity index (χ0) is 16.9. The molecule has 1 aliphatic heterocycles. The second-order valence-corrected chi connectivity index (χ2v) is 7.79. The number of aromatic nitrogens is 1. The van der Waals surface area contributed by atoms with Crippen LogP contribution in [0.4, 0.5) is 4.79 Å². The van der Waals surface area contributed by atoms with Gasteiger partial charge in [-0.3, -0.25) is 4.79 Å². The Hall–Kier alpha value is -1.78. The smallest absolute Gasteiger partial charge is 0.410 e. The average molecular weight is 318 g/mol. The van der Waals surface area contributed by atoms with Gasteiger partial charge in [0.2, 0.25) is 0 Å². The molecule has 1 aromatic heterocycles. The third-order valence-electron chi connectivity index (χ3n) is 4.63. The number of amides is 1. The molecular weight excluding hydrogens is 292 g/mol. The maximum Gasteiger partial charge on any atom is 0.410 e. The fourth-order valence-corrected chi connectivity index (χ4v) is 3.64. The van der Waals surface area contributed by atoms with Crippen LogP contribution in [0.15, 0.2) is 10.9 Å². The third kappa shape index (κ3) is 3.01. The minimum Gasteiger partial charge on any atom is -0.444 e. The van der Waals surface area contributed by atoms with E-state index in [1.165, 1.54) is 0 Å². The van der Waals surface area contributed by atoms with Crippen LogP contribution in [-0.2, 0) is 11.3 Å². The van der Waals surface area contributed by atoms with Gasteiger partial charge in [0.15, 0.2) is 0 Å². The predicted octanol–water partition coefficient (Wildman–Crippen LogP) is 2.96. The molecular formula is C18H26N2O3. The normalized spacial score (nSPS) is 23.4. The lowest BCUT2D eigenvalue weighted by molar-refractivity contribution is 0.0221. The number of nitrogens with zero attached hydrogens (tertiary/aromatic N) is 2. The predicted molar refractivity (Wildman–Crippen MR) is 88.9 cm³/mol. The van der Waals surface area contributed by atoms with Crippen LogP contribution in [-0.4, -0.2) is 33.7 Å². The first-order valence-corrected chi connectivity index (χ1v) is 8.39. The summed E-state index contributed by atoms with van der Waals surface area (Å²) < 4.78 is 7.48. The van der Waals surface area contributed by atoms with Crippen LogP contribution in [0.2, 0.25) is 0 Å². The molecule has 1 fully saturated rings. The fraction of sp³-hybridized carbons (Fsp3) is 0.667. The summed E-state index contributed by atoms with van der Waals surface area (Å²) in [5.74, 6) is 0.260. The van der Waals surface area contributed by atoms with E-state index in [2.05, 4.69) is 6.92 Å². The van der Waals surface area contributed by atoms with Gasteiger partial charge in [-0.25, -0.2) is 4.79 Å². The number of carbonyl (C=O) groups excluding carboxylic acids is 1. The highest BCUT2D eigenvalue weighted by Crippen LogP contribution is 2.46. The van der Waals surface area contributed by atoms with E-state index in [9.17, 15) is 9.59 Å². The van der Waals surface area contributed by atoms with Crippen molar-refractivity contribution in [2.45, 2.75) is 71.6 Å². The van der Waals surface area contributed by atoms with Gasteiger partial charge in [-0.2, -0.15) is 0 Å². The van der Waals surface area contributed by atoms with Gasteiger partial charge in [0.25, 0.3) is 5.56 Å². The molecule has 1 saturated carbocycles. The topological polar surface area (TPSA) is 51.5 Å². The quantitative estimate of drug-likeness (QED) is 0.739. The van der Waals surface area contributed by atoms with Crippen LogP contribution in [0.3, 0.4) is 0 Å². The zero-order valence-corrected chi connectivity index (χ0v) is 14.7. The summed E-state index contributed by atoms with van der Waals surface area (Å²) in [6, 6.07) is 2.14. The summed E-state index contributed by atoms with van der Waals surface area (Å²) in [5.41, 5.74) is 2.70. The molecule has 0 saturated heterocycles. The number of fused-ring (bicyclic) bond motifs is 3. The van der Waals surface area contributed by atoms with Crippen molar-refractivity contribution in [3.63, 3.8) is 0 Å². The maximum atomic E-state index is 12.5. The summed E-state index contributed by atoms with van der Waals surface area (Å²) in [7, 11) is 0. The number of aryl methyl sites for hydroxylation is 2. The number of pyridine rings is 1. The van der Waals surface area contributed by atoms with E-state index >= 15 is 0 Å². The summed E-state index contributed by atoms with van der Waals surface area (Å²) in [4.78, 5) is 26.8. The lowest BCUT2D eigenvalue weighted by Crippen LogP contribution is -2.41. The van der Waals surface area contributed by atoms with Crippen molar-refractivity contribution in [3.05, 3.63) is 33.2 Å². The van der Waals surface area contributed by atoms with Crippen molar-refractivity contribution in [1.29, 1.82) is 0 Å². The average Bonchev–Trinajstić information content (AvgIpc) is 3.13. The summed E-state index contributed by atoms with van der Waals surface area (Å²) >= 11 is 0. The number of hydrogen-bond acceptors (Lipinski definition) is 3. The summed E-state index contributed by atoms with van der Waals surface area (Å²) in [6.45, 7) is 10.9. The van der Waals surface area contributed by atoms with E-state index in [4.69, 9.17) is 4.74 Å². The molecule has 1 amide bonds. The molecule has 5 nitrogen and oxygen atoms in total. The molecule has 3 rings (SSSR count). The van der Waals surface area contributed by atoms with E-state index in [0.717, 1.165) is 29.7 Å². The highest BCUT2D eigenvalue weighted by atomic mass is 16.6. The number of ether oxygens (including phenoxy) is 1. The van der Waals surface area contributed by atoms with Gasteiger partial charge < -0.3 is 14.2 Å².